The van der Waals surface area contributed by atoms with Crippen LogP contribution in [0.25, 0.3) is 11.0 Å². The highest BCUT2D eigenvalue weighted by Crippen LogP contribution is 2.32. The molecule has 1 saturated carbocycles. The summed E-state index contributed by atoms with van der Waals surface area (Å²) in [6.07, 6.45) is 4.43. The minimum atomic E-state index is 0.420. The van der Waals surface area contributed by atoms with Gasteiger partial charge in [0.05, 0.1) is 11.0 Å². The highest BCUT2D eigenvalue weighted by atomic mass is 16.1. The summed E-state index contributed by atoms with van der Waals surface area (Å²) in [6, 6.07) is 6.60. The normalized spacial score (nSPS) is 17.3. The van der Waals surface area contributed by atoms with E-state index in [4.69, 9.17) is 4.98 Å². The molecule has 0 atom stereocenters. The van der Waals surface area contributed by atoms with E-state index in [1.54, 1.807) is 0 Å². The van der Waals surface area contributed by atoms with Crippen LogP contribution >= 0.6 is 0 Å². The molecule has 1 aliphatic carbocycles. The first-order valence-electron chi connectivity index (χ1n) is 7.16. The zero-order valence-corrected chi connectivity index (χ0v) is 11.6. The molecule has 1 fully saturated rings. The van der Waals surface area contributed by atoms with Crippen molar-refractivity contribution in [3.8, 4) is 0 Å². The zero-order valence-electron chi connectivity index (χ0n) is 11.6. The number of rotatable bonds is 2. The van der Waals surface area contributed by atoms with E-state index in [1.807, 2.05) is 0 Å². The van der Waals surface area contributed by atoms with Gasteiger partial charge in [0, 0.05) is 26.3 Å². The second-order valence-electron chi connectivity index (χ2n) is 5.50. The zero-order chi connectivity index (χ0) is 13.4. The van der Waals surface area contributed by atoms with Crippen LogP contribution in [-0.2, 0) is 18.3 Å². The summed E-state index contributed by atoms with van der Waals surface area (Å²) >= 11 is 0. The van der Waals surface area contributed by atoms with E-state index in [9.17, 15) is 4.79 Å². The number of benzene rings is 1. The average molecular weight is 256 g/mol. The van der Waals surface area contributed by atoms with Gasteiger partial charge in [-0.05, 0) is 36.5 Å². The molecule has 3 rings (SSSR count). The van der Waals surface area contributed by atoms with E-state index < -0.39 is 0 Å². The van der Waals surface area contributed by atoms with Gasteiger partial charge in [-0.2, -0.15) is 0 Å². The molecule has 19 heavy (non-hydrogen) atoms. The molecule has 0 radical (unpaired) electrons. The molecule has 0 aliphatic heterocycles. The van der Waals surface area contributed by atoms with Gasteiger partial charge in [-0.25, -0.2) is 4.98 Å². The summed E-state index contributed by atoms with van der Waals surface area (Å²) in [5, 5.41) is 0. The molecule has 1 aromatic carbocycles. The van der Waals surface area contributed by atoms with Crippen LogP contribution in [0.15, 0.2) is 18.2 Å². The number of hydrogen-bond donors (Lipinski definition) is 0. The van der Waals surface area contributed by atoms with Gasteiger partial charge in [-0.1, -0.05) is 13.0 Å². The van der Waals surface area contributed by atoms with Gasteiger partial charge in [0.2, 0.25) is 0 Å². The lowest BCUT2D eigenvalue weighted by molar-refractivity contribution is -0.120. The van der Waals surface area contributed by atoms with E-state index in [0.29, 0.717) is 11.7 Å². The Morgan fingerprint density at radius 2 is 2.05 bits per heavy atom. The van der Waals surface area contributed by atoms with E-state index in [2.05, 4.69) is 36.7 Å². The Labute approximate surface area is 113 Å². The number of carbonyl (C=O) groups is 1. The highest BCUT2D eigenvalue weighted by Gasteiger charge is 2.20. The SMILES string of the molecule is CCc1nc2cc(C3CCC(=O)CC3)ccc2n1C. The Bertz CT molecular complexity index is 617. The fourth-order valence-electron chi connectivity index (χ4n) is 3.11. The van der Waals surface area contributed by atoms with Crippen molar-refractivity contribution >= 4 is 16.8 Å². The van der Waals surface area contributed by atoms with Gasteiger partial charge in [-0.3, -0.25) is 4.79 Å². The first kappa shape index (κ1) is 12.4. The first-order chi connectivity index (χ1) is 9.19. The Kier molecular flexibility index (Phi) is 3.13. The smallest absolute Gasteiger partial charge is 0.132 e. The van der Waals surface area contributed by atoms with Gasteiger partial charge in [0.1, 0.15) is 11.6 Å². The topological polar surface area (TPSA) is 34.9 Å². The van der Waals surface area contributed by atoms with Crippen LogP contribution in [-0.4, -0.2) is 15.3 Å². The van der Waals surface area contributed by atoms with E-state index in [1.165, 1.54) is 11.1 Å². The predicted octanol–water partition coefficient (Wildman–Crippen LogP) is 3.36. The molecule has 100 valence electrons. The Balaban J connectivity index is 1.95. The standard InChI is InChI=1S/C16H20N2O/c1-3-16-17-14-10-12(6-9-15(14)18(16)2)11-4-7-13(19)8-5-11/h6,9-11H,3-5,7-8H2,1-2H3. The number of ketones is 1. The maximum Gasteiger partial charge on any atom is 0.132 e. The van der Waals surface area contributed by atoms with Crippen molar-refractivity contribution in [3.05, 3.63) is 29.6 Å². The lowest BCUT2D eigenvalue weighted by Crippen LogP contribution is -2.12. The molecule has 1 aliphatic rings. The van der Waals surface area contributed by atoms with Gasteiger partial charge < -0.3 is 4.57 Å². The Hall–Kier alpha value is -1.64. The van der Waals surface area contributed by atoms with Gasteiger partial charge in [-0.15, -0.1) is 0 Å². The number of nitrogens with zero attached hydrogens (tertiary/aromatic N) is 2. The van der Waals surface area contributed by atoms with E-state index in [0.717, 1.165) is 43.4 Å². The van der Waals surface area contributed by atoms with Gasteiger partial charge >= 0.3 is 0 Å². The summed E-state index contributed by atoms with van der Waals surface area (Å²) in [7, 11) is 2.08. The number of aromatic nitrogens is 2. The second-order valence-corrected chi connectivity index (χ2v) is 5.50. The van der Waals surface area contributed by atoms with Crippen LogP contribution in [0.1, 0.15) is 49.9 Å². The van der Waals surface area contributed by atoms with Gasteiger partial charge in [0.25, 0.3) is 0 Å². The molecule has 1 heterocycles. The first-order valence-corrected chi connectivity index (χ1v) is 7.16. The van der Waals surface area contributed by atoms with Crippen molar-refractivity contribution in [2.45, 2.75) is 44.9 Å². The number of imidazole rings is 1. The molecular weight excluding hydrogens is 236 g/mol. The fraction of sp³-hybridized carbons (Fsp3) is 0.500. The third-order valence-corrected chi connectivity index (χ3v) is 4.33. The second kappa shape index (κ2) is 4.80. The average Bonchev–Trinajstić information content (AvgIpc) is 2.76. The summed E-state index contributed by atoms with van der Waals surface area (Å²) in [5.74, 6) is 2.09. The predicted molar refractivity (Wildman–Crippen MR) is 76.3 cm³/mol. The third-order valence-electron chi connectivity index (χ3n) is 4.33. The van der Waals surface area contributed by atoms with E-state index in [-0.39, 0.29) is 0 Å². The minimum Gasteiger partial charge on any atom is -0.331 e. The largest absolute Gasteiger partial charge is 0.331 e. The van der Waals surface area contributed by atoms with Crippen LogP contribution in [0.2, 0.25) is 0 Å². The monoisotopic (exact) mass is 256 g/mol. The maximum absolute atomic E-state index is 11.3. The number of hydrogen-bond acceptors (Lipinski definition) is 2. The van der Waals surface area contributed by atoms with Crippen molar-refractivity contribution in [1.82, 2.24) is 9.55 Å². The van der Waals surface area contributed by atoms with Crippen molar-refractivity contribution in [2.24, 2.45) is 7.05 Å². The molecule has 0 saturated heterocycles. The summed E-state index contributed by atoms with van der Waals surface area (Å²) in [5.41, 5.74) is 3.64. The molecule has 0 amide bonds. The number of fused-ring (bicyclic) bond motifs is 1. The summed E-state index contributed by atoms with van der Waals surface area (Å²) in [6.45, 7) is 2.13. The fourth-order valence-corrected chi connectivity index (χ4v) is 3.11. The molecule has 3 heteroatoms. The number of carbonyl (C=O) groups excluding carboxylic acids is 1. The Morgan fingerprint density at radius 1 is 1.32 bits per heavy atom. The Morgan fingerprint density at radius 3 is 2.74 bits per heavy atom. The third kappa shape index (κ3) is 2.18. The van der Waals surface area contributed by atoms with Crippen molar-refractivity contribution in [1.29, 1.82) is 0 Å². The molecule has 2 aromatic rings. The number of Topliss-reactive ketones (excluding diaryl/α,β-unsaturated/α-hetero) is 1. The van der Waals surface area contributed by atoms with Crippen LogP contribution in [0, 0.1) is 0 Å². The van der Waals surface area contributed by atoms with Crippen LogP contribution in [0.3, 0.4) is 0 Å². The molecule has 0 N–H and O–H groups in total. The van der Waals surface area contributed by atoms with Crippen molar-refractivity contribution in [2.75, 3.05) is 0 Å². The van der Waals surface area contributed by atoms with Crippen LogP contribution in [0.4, 0.5) is 0 Å². The summed E-state index contributed by atoms with van der Waals surface area (Å²) in [4.78, 5) is 16.0. The van der Waals surface area contributed by atoms with Crippen molar-refractivity contribution < 1.29 is 4.79 Å². The lowest BCUT2D eigenvalue weighted by atomic mass is 9.83. The van der Waals surface area contributed by atoms with Crippen LogP contribution < -0.4 is 0 Å². The molecule has 0 unspecified atom stereocenters. The van der Waals surface area contributed by atoms with Crippen LogP contribution in [0.5, 0.6) is 0 Å². The molecule has 1 aromatic heterocycles. The van der Waals surface area contributed by atoms with E-state index >= 15 is 0 Å². The molecule has 0 bridgehead atoms. The molecule has 0 spiro atoms. The van der Waals surface area contributed by atoms with Gasteiger partial charge in [0.15, 0.2) is 0 Å². The van der Waals surface area contributed by atoms with Crippen molar-refractivity contribution in [3.63, 3.8) is 0 Å². The quantitative estimate of drug-likeness (QED) is 0.825. The maximum atomic E-state index is 11.3. The molecular formula is C16H20N2O. The number of aryl methyl sites for hydroxylation is 2. The lowest BCUT2D eigenvalue weighted by Gasteiger charge is -2.21. The minimum absolute atomic E-state index is 0.420. The molecule has 3 nitrogen and oxygen atoms in total. The highest BCUT2D eigenvalue weighted by molar-refractivity contribution is 5.80. The summed E-state index contributed by atoms with van der Waals surface area (Å²) < 4.78 is 2.17.